The largest absolute Gasteiger partial charge is 0.460 e. The van der Waals surface area contributed by atoms with E-state index in [9.17, 15) is 46.5 Å². The number of amides is 6. The second-order valence-corrected chi connectivity index (χ2v) is 15.0. The predicted molar refractivity (Wildman–Crippen MR) is 184 cm³/mol. The van der Waals surface area contributed by atoms with Crippen LogP contribution in [-0.2, 0) is 55.0 Å². The van der Waals surface area contributed by atoms with Crippen molar-refractivity contribution >= 4 is 57.2 Å². The van der Waals surface area contributed by atoms with Gasteiger partial charge >= 0.3 is 5.97 Å². The summed E-state index contributed by atoms with van der Waals surface area (Å²) < 4.78 is 38.2. The molecule has 51 heavy (non-hydrogen) atoms. The Balaban J connectivity index is 1.49. The molecule has 1 saturated carbocycles. The molecule has 0 spiro atoms. The van der Waals surface area contributed by atoms with Crippen molar-refractivity contribution in [1.82, 2.24) is 20.9 Å². The molecule has 0 aromatic heterocycles. The maximum Gasteiger partial charge on any atom is 0.312 e. The first-order valence-corrected chi connectivity index (χ1v) is 18.5. The van der Waals surface area contributed by atoms with E-state index >= 15 is 0 Å². The molecule has 3 rings (SSSR count). The van der Waals surface area contributed by atoms with Crippen LogP contribution in [0.5, 0.6) is 0 Å². The molecule has 1 aromatic carbocycles. The third kappa shape index (κ3) is 12.6. The van der Waals surface area contributed by atoms with Gasteiger partial charge in [0, 0.05) is 30.8 Å². The van der Waals surface area contributed by atoms with Gasteiger partial charge in [0.05, 0.1) is 5.41 Å². The summed E-state index contributed by atoms with van der Waals surface area (Å²) in [5.74, 6) is -5.81. The Labute approximate surface area is 297 Å². The third-order valence-corrected chi connectivity index (χ3v) is 9.51. The van der Waals surface area contributed by atoms with Gasteiger partial charge in [0.1, 0.15) is 30.5 Å². The Kier molecular flexibility index (Phi) is 14.4. The standard InChI is InChI=1S/C34H47N5O11S/c1-21(2)29(32(45)35-22(3)30(43)36-24-12-10-23(11-13-24)19-50-33(46)34(4)16-8-17-34)38-31(44)25(20-51(47,48)49)37-26(40)9-6-5-7-18-39-27(41)14-15-28(39)42/h10-15,21-22,25,29H,5-9,16-20H2,1-4H3,(H,35,45)(H,36,43)(H,37,40)(H,38,44)(H,47,48,49)/t22-,25-,29?/m0/s1. The quantitative estimate of drug-likeness (QED) is 0.0589. The highest BCUT2D eigenvalue weighted by molar-refractivity contribution is 7.85. The summed E-state index contributed by atoms with van der Waals surface area (Å²) in [6.45, 7) is 6.80. The molecule has 0 saturated heterocycles. The van der Waals surface area contributed by atoms with E-state index in [0.717, 1.165) is 29.7 Å². The number of carbonyl (C=O) groups excluding carboxylic acids is 7. The van der Waals surface area contributed by atoms with Gasteiger partial charge in [-0.1, -0.05) is 38.8 Å². The van der Waals surface area contributed by atoms with Crippen molar-refractivity contribution in [3.63, 3.8) is 0 Å². The second-order valence-electron chi connectivity index (χ2n) is 13.5. The summed E-state index contributed by atoms with van der Waals surface area (Å²) in [5, 5.41) is 9.89. The molecule has 17 heteroatoms. The number of carbonyl (C=O) groups is 7. The topological polar surface area (TPSA) is 234 Å². The highest BCUT2D eigenvalue weighted by atomic mass is 32.2. The van der Waals surface area contributed by atoms with Crippen LogP contribution in [0.3, 0.4) is 0 Å². The van der Waals surface area contributed by atoms with Gasteiger partial charge in [-0.05, 0) is 63.1 Å². The summed E-state index contributed by atoms with van der Waals surface area (Å²) in [5.41, 5.74) is 0.730. The van der Waals surface area contributed by atoms with Crippen LogP contribution in [0.25, 0.3) is 0 Å². The molecule has 1 fully saturated rings. The van der Waals surface area contributed by atoms with E-state index in [2.05, 4.69) is 21.3 Å². The van der Waals surface area contributed by atoms with E-state index in [0.29, 0.717) is 24.9 Å². The molecule has 2 aliphatic rings. The fraction of sp³-hybridized carbons (Fsp3) is 0.559. The highest BCUT2D eigenvalue weighted by Crippen LogP contribution is 2.41. The van der Waals surface area contributed by atoms with Crippen molar-refractivity contribution in [2.75, 3.05) is 17.6 Å². The number of unbranched alkanes of at least 4 members (excludes halogenated alkanes) is 2. The lowest BCUT2D eigenvalue weighted by Gasteiger charge is -2.35. The summed E-state index contributed by atoms with van der Waals surface area (Å²) in [6, 6.07) is 2.59. The molecular weight excluding hydrogens is 686 g/mol. The van der Waals surface area contributed by atoms with Crippen LogP contribution >= 0.6 is 0 Å². The average Bonchev–Trinajstić information content (AvgIpc) is 3.36. The minimum absolute atomic E-state index is 0.0948. The van der Waals surface area contributed by atoms with E-state index in [1.165, 1.54) is 19.1 Å². The van der Waals surface area contributed by atoms with Gasteiger partial charge in [-0.3, -0.25) is 43.0 Å². The molecule has 0 radical (unpaired) electrons. The summed E-state index contributed by atoms with van der Waals surface area (Å²) in [4.78, 5) is 88.3. The minimum Gasteiger partial charge on any atom is -0.460 e. The number of esters is 1. The Hall–Kier alpha value is -4.64. The third-order valence-electron chi connectivity index (χ3n) is 8.76. The molecule has 6 amide bonds. The molecule has 5 N–H and O–H groups in total. The van der Waals surface area contributed by atoms with E-state index in [-0.39, 0.29) is 25.5 Å². The molecule has 1 aliphatic carbocycles. The van der Waals surface area contributed by atoms with Crippen molar-refractivity contribution in [2.24, 2.45) is 11.3 Å². The first-order chi connectivity index (χ1) is 23.9. The van der Waals surface area contributed by atoms with E-state index in [1.807, 2.05) is 6.92 Å². The second kappa shape index (κ2) is 18.0. The van der Waals surface area contributed by atoms with Gasteiger partial charge in [-0.15, -0.1) is 0 Å². The van der Waals surface area contributed by atoms with Crippen LogP contribution < -0.4 is 21.3 Å². The Morgan fingerprint density at radius 3 is 2.06 bits per heavy atom. The van der Waals surface area contributed by atoms with Gasteiger partial charge in [0.15, 0.2) is 0 Å². The Morgan fingerprint density at radius 1 is 0.882 bits per heavy atom. The van der Waals surface area contributed by atoms with Crippen LogP contribution in [0.15, 0.2) is 36.4 Å². The van der Waals surface area contributed by atoms with Crippen LogP contribution in [-0.4, -0.2) is 89.7 Å². The monoisotopic (exact) mass is 733 g/mol. The average molecular weight is 734 g/mol. The molecule has 3 atom stereocenters. The first-order valence-electron chi connectivity index (χ1n) is 16.8. The maximum absolute atomic E-state index is 13.2. The Morgan fingerprint density at radius 2 is 1.51 bits per heavy atom. The van der Waals surface area contributed by atoms with Crippen molar-refractivity contribution in [3.8, 4) is 0 Å². The molecule has 0 bridgehead atoms. The van der Waals surface area contributed by atoms with Crippen molar-refractivity contribution in [2.45, 2.75) is 97.4 Å². The predicted octanol–water partition coefficient (Wildman–Crippen LogP) is 1.36. The zero-order valence-corrected chi connectivity index (χ0v) is 30.0. The smallest absolute Gasteiger partial charge is 0.312 e. The number of imide groups is 1. The van der Waals surface area contributed by atoms with Crippen LogP contribution in [0.2, 0.25) is 0 Å². The molecule has 1 aromatic rings. The highest BCUT2D eigenvalue weighted by Gasteiger charge is 2.40. The number of anilines is 1. The number of ether oxygens (including phenoxy) is 1. The van der Waals surface area contributed by atoms with Crippen molar-refractivity contribution < 1.29 is 51.3 Å². The lowest BCUT2D eigenvalue weighted by Crippen LogP contribution is -2.58. The van der Waals surface area contributed by atoms with E-state index < -0.39 is 80.8 Å². The number of nitrogens with zero attached hydrogens (tertiary/aromatic N) is 1. The number of benzene rings is 1. The molecule has 280 valence electrons. The fourth-order valence-corrected chi connectivity index (χ4v) is 6.03. The number of rotatable bonds is 19. The molecule has 1 aliphatic heterocycles. The molecular formula is C34H47N5O11S. The fourth-order valence-electron chi connectivity index (χ4n) is 5.37. The molecule has 1 unspecified atom stereocenters. The van der Waals surface area contributed by atoms with Crippen LogP contribution in [0.1, 0.15) is 78.2 Å². The number of hydrogen-bond acceptors (Lipinski definition) is 10. The van der Waals surface area contributed by atoms with E-state index in [4.69, 9.17) is 4.74 Å². The van der Waals surface area contributed by atoms with Crippen molar-refractivity contribution in [3.05, 3.63) is 42.0 Å². The van der Waals surface area contributed by atoms with E-state index in [1.54, 1.807) is 38.1 Å². The zero-order chi connectivity index (χ0) is 37.9. The van der Waals surface area contributed by atoms with Gasteiger partial charge < -0.3 is 26.0 Å². The van der Waals surface area contributed by atoms with Gasteiger partial charge in [0.25, 0.3) is 21.9 Å². The van der Waals surface area contributed by atoms with Gasteiger partial charge in [-0.2, -0.15) is 8.42 Å². The summed E-state index contributed by atoms with van der Waals surface area (Å²) >= 11 is 0. The van der Waals surface area contributed by atoms with Crippen LogP contribution in [0.4, 0.5) is 5.69 Å². The van der Waals surface area contributed by atoms with Crippen molar-refractivity contribution in [1.29, 1.82) is 0 Å². The SMILES string of the molecule is CC(C)C(NC(=O)[C@H](CS(=O)(=O)O)NC(=O)CCCCCN1C(=O)C=CC1=O)C(=O)N[C@@H](C)C(=O)Nc1ccc(COC(=O)C2(C)CCC2)cc1. The summed E-state index contributed by atoms with van der Waals surface area (Å²) in [7, 11) is -4.74. The maximum atomic E-state index is 13.2. The Bertz CT molecular complexity index is 1600. The normalized spacial score (nSPS) is 16.9. The van der Waals surface area contributed by atoms with Gasteiger partial charge in [0.2, 0.25) is 23.6 Å². The number of nitrogens with one attached hydrogen (secondary N) is 4. The first kappa shape index (κ1) is 40.8. The van der Waals surface area contributed by atoms with Gasteiger partial charge in [-0.25, -0.2) is 0 Å². The lowest BCUT2D eigenvalue weighted by atomic mass is 9.70. The minimum atomic E-state index is -4.74. The summed E-state index contributed by atoms with van der Waals surface area (Å²) in [6.07, 6.45) is 6.00. The lowest BCUT2D eigenvalue weighted by molar-refractivity contribution is -0.161. The van der Waals surface area contributed by atoms with Crippen LogP contribution in [0, 0.1) is 11.3 Å². The molecule has 1 heterocycles. The zero-order valence-electron chi connectivity index (χ0n) is 29.2. The molecule has 16 nitrogen and oxygen atoms in total. The number of hydrogen-bond donors (Lipinski definition) is 5.